The number of carbonyl (C=O) groups is 1. The molecule has 0 aliphatic carbocycles. The van der Waals surface area contributed by atoms with Crippen LogP contribution in [-0.4, -0.2) is 75.5 Å². The molecule has 1 aromatic rings. The molecule has 2 aliphatic heterocycles. The third-order valence-electron chi connectivity index (χ3n) is 4.68. The van der Waals surface area contributed by atoms with Gasteiger partial charge in [-0.2, -0.15) is 4.31 Å². The Morgan fingerprint density at radius 1 is 1.24 bits per heavy atom. The van der Waals surface area contributed by atoms with E-state index < -0.39 is 10.0 Å². The minimum atomic E-state index is -3.62. The summed E-state index contributed by atoms with van der Waals surface area (Å²) in [6.45, 7) is 7.27. The Morgan fingerprint density at radius 2 is 1.96 bits per heavy atom. The Hall–Kier alpha value is -1.48. The van der Waals surface area contributed by atoms with E-state index in [0.29, 0.717) is 50.5 Å². The Labute approximate surface area is 149 Å². The first-order valence-electron chi connectivity index (χ1n) is 8.61. The van der Waals surface area contributed by atoms with E-state index in [2.05, 4.69) is 5.32 Å². The highest BCUT2D eigenvalue weighted by Crippen LogP contribution is 2.23. The summed E-state index contributed by atoms with van der Waals surface area (Å²) >= 11 is 0. The molecule has 1 atom stereocenters. The molecule has 1 unspecified atom stereocenters. The van der Waals surface area contributed by atoms with E-state index >= 15 is 0 Å². The molecule has 0 saturated carbocycles. The second kappa shape index (κ2) is 7.41. The Morgan fingerprint density at radius 3 is 2.64 bits per heavy atom. The van der Waals surface area contributed by atoms with Crippen molar-refractivity contribution in [2.24, 2.45) is 0 Å². The minimum absolute atomic E-state index is 0.119. The predicted molar refractivity (Wildman–Crippen MR) is 94.1 cm³/mol. The molecule has 2 fully saturated rings. The Balaban J connectivity index is 1.88. The van der Waals surface area contributed by atoms with Gasteiger partial charge in [0.05, 0.1) is 18.1 Å². The molecule has 1 amide bonds. The first-order valence-corrected chi connectivity index (χ1v) is 10.0. The van der Waals surface area contributed by atoms with Crippen molar-refractivity contribution in [3.63, 3.8) is 0 Å². The zero-order chi connectivity index (χ0) is 18.0. The number of nitrogens with one attached hydrogen (secondary N) is 1. The standard InChI is InChI=1S/C17H25N3O4S/c1-13-3-4-15(17(21)19-6-5-18-14(2)12-19)11-16(13)25(22,23)20-7-9-24-10-8-20/h3-4,11,14,18H,5-10,12H2,1-2H3. The molecule has 7 nitrogen and oxygen atoms in total. The van der Waals surface area contributed by atoms with Crippen LogP contribution in [0.4, 0.5) is 0 Å². The summed E-state index contributed by atoms with van der Waals surface area (Å²) < 4.78 is 32.6. The molecular formula is C17H25N3O4S. The van der Waals surface area contributed by atoms with E-state index in [0.717, 1.165) is 6.54 Å². The lowest BCUT2D eigenvalue weighted by Crippen LogP contribution is -2.51. The van der Waals surface area contributed by atoms with E-state index in [9.17, 15) is 13.2 Å². The molecule has 2 heterocycles. The average molecular weight is 367 g/mol. The number of amides is 1. The molecule has 0 aromatic heterocycles. The minimum Gasteiger partial charge on any atom is -0.379 e. The molecule has 0 radical (unpaired) electrons. The van der Waals surface area contributed by atoms with Crippen molar-refractivity contribution in [1.82, 2.24) is 14.5 Å². The van der Waals surface area contributed by atoms with Crippen LogP contribution in [0.25, 0.3) is 0 Å². The van der Waals surface area contributed by atoms with Gasteiger partial charge in [-0.15, -0.1) is 0 Å². The second-order valence-corrected chi connectivity index (χ2v) is 8.51. The van der Waals surface area contributed by atoms with Crippen LogP contribution < -0.4 is 5.32 Å². The molecule has 2 aliphatic rings. The monoisotopic (exact) mass is 367 g/mol. The summed E-state index contributed by atoms with van der Waals surface area (Å²) in [5.74, 6) is -0.119. The highest BCUT2D eigenvalue weighted by atomic mass is 32.2. The van der Waals surface area contributed by atoms with Crippen LogP contribution in [0.5, 0.6) is 0 Å². The maximum Gasteiger partial charge on any atom is 0.253 e. The van der Waals surface area contributed by atoms with Crippen molar-refractivity contribution in [3.05, 3.63) is 29.3 Å². The van der Waals surface area contributed by atoms with Crippen LogP contribution in [0.3, 0.4) is 0 Å². The molecule has 1 aromatic carbocycles. The van der Waals surface area contributed by atoms with Crippen molar-refractivity contribution in [2.45, 2.75) is 24.8 Å². The summed E-state index contributed by atoms with van der Waals surface area (Å²) in [5.41, 5.74) is 1.07. The molecule has 138 valence electrons. The quantitative estimate of drug-likeness (QED) is 0.839. The highest BCUT2D eigenvalue weighted by molar-refractivity contribution is 7.89. The number of hydrogen-bond donors (Lipinski definition) is 1. The van der Waals surface area contributed by atoms with Gasteiger partial charge in [0, 0.05) is 44.3 Å². The van der Waals surface area contributed by atoms with Crippen LogP contribution in [0, 0.1) is 6.92 Å². The van der Waals surface area contributed by atoms with Crippen LogP contribution in [0.1, 0.15) is 22.8 Å². The van der Waals surface area contributed by atoms with E-state index in [1.165, 1.54) is 10.4 Å². The van der Waals surface area contributed by atoms with Crippen LogP contribution in [-0.2, 0) is 14.8 Å². The normalized spacial score (nSPS) is 22.8. The van der Waals surface area contributed by atoms with Gasteiger partial charge in [-0.25, -0.2) is 8.42 Å². The second-order valence-electron chi connectivity index (χ2n) is 6.60. The lowest BCUT2D eigenvalue weighted by atomic mass is 10.1. The maximum absolute atomic E-state index is 12.9. The number of nitrogens with zero attached hydrogens (tertiary/aromatic N) is 2. The van der Waals surface area contributed by atoms with E-state index in [1.807, 2.05) is 6.92 Å². The zero-order valence-corrected chi connectivity index (χ0v) is 15.5. The topological polar surface area (TPSA) is 79.0 Å². The lowest BCUT2D eigenvalue weighted by molar-refractivity contribution is 0.0708. The van der Waals surface area contributed by atoms with Gasteiger partial charge < -0.3 is 15.0 Å². The number of rotatable bonds is 3. The van der Waals surface area contributed by atoms with Gasteiger partial charge in [0.2, 0.25) is 10.0 Å². The Bertz CT molecular complexity index is 744. The van der Waals surface area contributed by atoms with Crippen LogP contribution >= 0.6 is 0 Å². The van der Waals surface area contributed by atoms with Gasteiger partial charge >= 0.3 is 0 Å². The summed E-state index contributed by atoms with van der Waals surface area (Å²) in [4.78, 5) is 14.8. The molecule has 2 saturated heterocycles. The predicted octanol–water partition coefficient (Wildman–Crippen LogP) is 0.450. The van der Waals surface area contributed by atoms with Crippen LogP contribution in [0.2, 0.25) is 0 Å². The molecule has 3 rings (SSSR count). The first-order chi connectivity index (χ1) is 11.9. The third kappa shape index (κ3) is 3.87. The van der Waals surface area contributed by atoms with Gasteiger partial charge in [-0.1, -0.05) is 6.07 Å². The number of ether oxygens (including phenoxy) is 1. The fourth-order valence-electron chi connectivity index (χ4n) is 3.24. The average Bonchev–Trinajstić information content (AvgIpc) is 2.62. The number of hydrogen-bond acceptors (Lipinski definition) is 5. The first kappa shape index (κ1) is 18.3. The number of morpholine rings is 1. The van der Waals surface area contributed by atoms with Gasteiger partial charge in [0.1, 0.15) is 0 Å². The number of benzene rings is 1. The van der Waals surface area contributed by atoms with E-state index in [1.54, 1.807) is 24.0 Å². The fraction of sp³-hybridized carbons (Fsp3) is 0.588. The largest absolute Gasteiger partial charge is 0.379 e. The van der Waals surface area contributed by atoms with Crippen molar-refractivity contribution >= 4 is 15.9 Å². The van der Waals surface area contributed by atoms with Crippen molar-refractivity contribution in [1.29, 1.82) is 0 Å². The smallest absolute Gasteiger partial charge is 0.253 e. The van der Waals surface area contributed by atoms with Gasteiger partial charge in [0.25, 0.3) is 5.91 Å². The maximum atomic E-state index is 12.9. The lowest BCUT2D eigenvalue weighted by Gasteiger charge is -2.32. The molecule has 1 N–H and O–H groups in total. The van der Waals surface area contributed by atoms with Crippen LogP contribution in [0.15, 0.2) is 23.1 Å². The van der Waals surface area contributed by atoms with Gasteiger partial charge in [-0.3, -0.25) is 4.79 Å². The number of aryl methyl sites for hydroxylation is 1. The highest BCUT2D eigenvalue weighted by Gasteiger charge is 2.29. The molecule has 0 bridgehead atoms. The number of sulfonamides is 1. The van der Waals surface area contributed by atoms with Crippen molar-refractivity contribution < 1.29 is 17.9 Å². The van der Waals surface area contributed by atoms with Gasteiger partial charge in [-0.05, 0) is 31.5 Å². The molecular weight excluding hydrogens is 342 g/mol. The third-order valence-corrected chi connectivity index (χ3v) is 6.72. The summed E-state index contributed by atoms with van der Waals surface area (Å²) in [6.07, 6.45) is 0. The molecule has 0 spiro atoms. The Kier molecular flexibility index (Phi) is 5.43. The van der Waals surface area contributed by atoms with Crippen molar-refractivity contribution in [3.8, 4) is 0 Å². The summed E-state index contributed by atoms with van der Waals surface area (Å²) in [6, 6.07) is 5.18. The SMILES string of the molecule is Cc1ccc(C(=O)N2CCNC(C)C2)cc1S(=O)(=O)N1CCOCC1. The zero-order valence-electron chi connectivity index (χ0n) is 14.7. The molecule has 8 heteroatoms. The van der Waals surface area contributed by atoms with Crippen molar-refractivity contribution in [2.75, 3.05) is 45.9 Å². The van der Waals surface area contributed by atoms with Gasteiger partial charge in [0.15, 0.2) is 0 Å². The number of piperazine rings is 1. The van der Waals surface area contributed by atoms with E-state index in [-0.39, 0.29) is 16.8 Å². The summed E-state index contributed by atoms with van der Waals surface area (Å²) in [5, 5.41) is 3.30. The summed E-state index contributed by atoms with van der Waals surface area (Å²) in [7, 11) is -3.62. The fourth-order valence-corrected chi connectivity index (χ4v) is 4.90. The van der Waals surface area contributed by atoms with E-state index in [4.69, 9.17) is 4.74 Å². The molecule has 25 heavy (non-hydrogen) atoms. The number of carbonyl (C=O) groups excluding carboxylic acids is 1.